The third-order valence-electron chi connectivity index (χ3n) is 3.10. The second kappa shape index (κ2) is 4.73. The van der Waals surface area contributed by atoms with E-state index in [-0.39, 0.29) is 11.3 Å². The van der Waals surface area contributed by atoms with Crippen molar-refractivity contribution >= 4 is 17.2 Å². The Morgan fingerprint density at radius 3 is 2.57 bits per heavy atom. The summed E-state index contributed by atoms with van der Waals surface area (Å²) in [4.78, 5) is 4.21. The smallest absolute Gasteiger partial charge is 0.229 e. The van der Waals surface area contributed by atoms with Crippen molar-refractivity contribution in [3.63, 3.8) is 0 Å². The van der Waals surface area contributed by atoms with E-state index in [2.05, 4.69) is 10.1 Å². The van der Waals surface area contributed by atoms with Crippen LogP contribution in [0.15, 0.2) is 36.5 Å². The van der Waals surface area contributed by atoms with Gasteiger partial charge in [0, 0.05) is 16.7 Å². The minimum Gasteiger partial charge on any atom is -0.229 e. The first kappa shape index (κ1) is 13.9. The minimum atomic E-state index is -4.51. The molecular formula is C14H9ClF3N3. The first-order valence-electron chi connectivity index (χ1n) is 6.05. The van der Waals surface area contributed by atoms with E-state index in [1.54, 1.807) is 25.1 Å². The zero-order valence-corrected chi connectivity index (χ0v) is 11.6. The molecule has 0 saturated heterocycles. The molecule has 7 heteroatoms. The van der Waals surface area contributed by atoms with E-state index >= 15 is 0 Å². The molecule has 0 aliphatic carbocycles. The highest BCUT2D eigenvalue weighted by Crippen LogP contribution is 2.32. The van der Waals surface area contributed by atoms with Crippen molar-refractivity contribution in [1.29, 1.82) is 0 Å². The second-order valence-corrected chi connectivity index (χ2v) is 5.00. The molecule has 0 aliphatic rings. The Hall–Kier alpha value is -2.08. The number of nitrogens with zero attached hydrogens (tertiary/aromatic N) is 3. The molecule has 0 aliphatic heterocycles. The van der Waals surface area contributed by atoms with Crippen LogP contribution in [0.25, 0.3) is 16.9 Å². The first-order chi connectivity index (χ1) is 9.86. The molecule has 0 saturated carbocycles. The fraction of sp³-hybridized carbons (Fsp3) is 0.143. The molecule has 21 heavy (non-hydrogen) atoms. The predicted octanol–water partition coefficient (Wildman–Crippen LogP) is 4.38. The van der Waals surface area contributed by atoms with Crippen LogP contribution < -0.4 is 0 Å². The van der Waals surface area contributed by atoms with Crippen molar-refractivity contribution in [3.8, 4) is 11.3 Å². The second-order valence-electron chi connectivity index (χ2n) is 4.59. The normalized spacial score (nSPS) is 12.0. The molecule has 3 aromatic rings. The van der Waals surface area contributed by atoms with Crippen LogP contribution in [0.4, 0.5) is 13.2 Å². The molecule has 0 unspecified atom stereocenters. The molecule has 0 bridgehead atoms. The van der Waals surface area contributed by atoms with E-state index in [0.29, 0.717) is 10.6 Å². The number of aryl methyl sites for hydroxylation is 1. The van der Waals surface area contributed by atoms with Crippen molar-refractivity contribution in [2.45, 2.75) is 13.1 Å². The van der Waals surface area contributed by atoms with E-state index in [0.717, 1.165) is 16.1 Å². The number of aromatic nitrogens is 3. The molecule has 2 aromatic heterocycles. The predicted molar refractivity (Wildman–Crippen MR) is 73.2 cm³/mol. The Morgan fingerprint density at radius 2 is 1.90 bits per heavy atom. The van der Waals surface area contributed by atoms with E-state index in [1.165, 1.54) is 12.3 Å². The van der Waals surface area contributed by atoms with E-state index in [9.17, 15) is 13.2 Å². The van der Waals surface area contributed by atoms with Crippen molar-refractivity contribution in [1.82, 2.24) is 14.6 Å². The molecule has 0 radical (unpaired) electrons. The number of rotatable bonds is 1. The van der Waals surface area contributed by atoms with Crippen molar-refractivity contribution in [2.75, 3.05) is 0 Å². The van der Waals surface area contributed by atoms with Gasteiger partial charge in [0.05, 0.1) is 11.9 Å². The van der Waals surface area contributed by atoms with Crippen LogP contribution in [0.1, 0.15) is 11.3 Å². The highest BCUT2D eigenvalue weighted by molar-refractivity contribution is 6.31. The monoisotopic (exact) mass is 311 g/mol. The number of halogens is 4. The van der Waals surface area contributed by atoms with Gasteiger partial charge in [-0.05, 0) is 30.7 Å². The third kappa shape index (κ3) is 2.47. The van der Waals surface area contributed by atoms with Gasteiger partial charge >= 0.3 is 6.18 Å². The molecule has 108 valence electrons. The topological polar surface area (TPSA) is 30.2 Å². The number of fused-ring (bicyclic) bond motifs is 1. The zero-order valence-electron chi connectivity index (χ0n) is 10.8. The summed E-state index contributed by atoms with van der Waals surface area (Å²) < 4.78 is 40.2. The fourth-order valence-corrected chi connectivity index (χ4v) is 2.18. The Kier molecular flexibility index (Phi) is 3.13. The van der Waals surface area contributed by atoms with Crippen LogP contribution in [-0.2, 0) is 6.18 Å². The maximum Gasteiger partial charge on any atom is 0.433 e. The molecule has 0 atom stereocenters. The summed E-state index contributed by atoms with van der Waals surface area (Å²) in [6.45, 7) is 1.79. The summed E-state index contributed by atoms with van der Waals surface area (Å²) in [5.74, 6) is 0. The van der Waals surface area contributed by atoms with Gasteiger partial charge in [0.2, 0.25) is 0 Å². The molecule has 3 nitrogen and oxygen atoms in total. The van der Waals surface area contributed by atoms with Crippen molar-refractivity contribution in [3.05, 3.63) is 52.8 Å². The SMILES string of the molecule is Cc1cc(-c2cc(C(F)(F)F)n3nccc3n2)ccc1Cl. The van der Waals surface area contributed by atoms with Crippen LogP contribution in [0.3, 0.4) is 0 Å². The summed E-state index contributed by atoms with van der Waals surface area (Å²) in [6.07, 6.45) is -3.22. The van der Waals surface area contributed by atoms with Gasteiger partial charge in [-0.15, -0.1) is 0 Å². The number of hydrogen-bond donors (Lipinski definition) is 0. The average molecular weight is 312 g/mol. The molecule has 3 rings (SSSR count). The molecule has 2 heterocycles. The summed E-state index contributed by atoms with van der Waals surface area (Å²) in [5.41, 5.74) is 0.867. The third-order valence-corrected chi connectivity index (χ3v) is 3.53. The molecule has 0 N–H and O–H groups in total. The Labute approximate surface area is 123 Å². The van der Waals surface area contributed by atoms with E-state index < -0.39 is 11.9 Å². The van der Waals surface area contributed by atoms with Gasteiger partial charge < -0.3 is 0 Å². The summed E-state index contributed by atoms with van der Waals surface area (Å²) >= 11 is 5.94. The number of benzene rings is 1. The lowest BCUT2D eigenvalue weighted by Gasteiger charge is -2.11. The molecule has 0 spiro atoms. The van der Waals surface area contributed by atoms with Crippen molar-refractivity contribution < 1.29 is 13.2 Å². The lowest BCUT2D eigenvalue weighted by Crippen LogP contribution is -2.13. The maximum absolute atomic E-state index is 13.1. The van der Waals surface area contributed by atoms with Gasteiger partial charge in [0.25, 0.3) is 0 Å². The minimum absolute atomic E-state index is 0.146. The largest absolute Gasteiger partial charge is 0.433 e. The maximum atomic E-state index is 13.1. The van der Waals surface area contributed by atoms with Gasteiger partial charge in [-0.1, -0.05) is 17.7 Å². The van der Waals surface area contributed by atoms with Gasteiger partial charge in [0.1, 0.15) is 0 Å². The van der Waals surface area contributed by atoms with Crippen molar-refractivity contribution in [2.24, 2.45) is 0 Å². The van der Waals surface area contributed by atoms with Crippen LogP contribution in [0, 0.1) is 6.92 Å². The first-order valence-corrected chi connectivity index (χ1v) is 6.42. The Balaban J connectivity index is 2.26. The molecule has 0 amide bonds. The quantitative estimate of drug-likeness (QED) is 0.667. The lowest BCUT2D eigenvalue weighted by atomic mass is 10.1. The molecule has 1 aromatic carbocycles. The highest BCUT2D eigenvalue weighted by atomic mass is 35.5. The van der Waals surface area contributed by atoms with Crippen LogP contribution in [0.5, 0.6) is 0 Å². The van der Waals surface area contributed by atoms with Crippen LogP contribution in [0.2, 0.25) is 5.02 Å². The summed E-state index contributed by atoms with van der Waals surface area (Å²) in [5, 5.41) is 4.22. The van der Waals surface area contributed by atoms with Gasteiger partial charge in [-0.2, -0.15) is 18.3 Å². The van der Waals surface area contributed by atoms with Gasteiger partial charge in [0.15, 0.2) is 11.3 Å². The van der Waals surface area contributed by atoms with Gasteiger partial charge in [-0.25, -0.2) is 9.50 Å². The molecular weight excluding hydrogens is 303 g/mol. The summed E-state index contributed by atoms with van der Waals surface area (Å²) in [7, 11) is 0. The van der Waals surface area contributed by atoms with Gasteiger partial charge in [-0.3, -0.25) is 0 Å². The number of hydrogen-bond acceptors (Lipinski definition) is 2. The number of alkyl halides is 3. The standard InChI is InChI=1S/C14H9ClF3N3/c1-8-6-9(2-3-10(8)15)11-7-12(14(16,17)18)21-13(20-11)4-5-19-21/h2-7H,1H3. The Morgan fingerprint density at radius 1 is 1.14 bits per heavy atom. The van der Waals surface area contributed by atoms with E-state index in [1.807, 2.05) is 0 Å². The zero-order chi connectivity index (χ0) is 15.2. The average Bonchev–Trinajstić information content (AvgIpc) is 2.87. The van der Waals surface area contributed by atoms with E-state index in [4.69, 9.17) is 11.6 Å². The summed E-state index contributed by atoms with van der Waals surface area (Å²) in [6, 6.07) is 7.41. The Bertz CT molecular complexity index is 824. The fourth-order valence-electron chi connectivity index (χ4n) is 2.07. The van der Waals surface area contributed by atoms with Crippen LogP contribution >= 0.6 is 11.6 Å². The highest BCUT2D eigenvalue weighted by Gasteiger charge is 2.35. The molecule has 0 fully saturated rings. The lowest BCUT2D eigenvalue weighted by molar-refractivity contribution is -0.142. The van der Waals surface area contributed by atoms with Crippen LogP contribution in [-0.4, -0.2) is 14.6 Å².